The van der Waals surface area contributed by atoms with E-state index in [9.17, 15) is 9.59 Å². The van der Waals surface area contributed by atoms with Crippen LogP contribution in [0.3, 0.4) is 0 Å². The van der Waals surface area contributed by atoms with Crippen LogP contribution in [0.1, 0.15) is 12.8 Å². The molecule has 0 unspecified atom stereocenters. The Hall–Kier alpha value is -3.22. The SMILES string of the molecule is O=C(NCC(=O)N1CCN(c2ccccc2)CC1)Nc1ccccc1N1CCCC1. The van der Waals surface area contributed by atoms with E-state index in [-0.39, 0.29) is 18.5 Å². The third-order valence-corrected chi connectivity index (χ3v) is 5.75. The molecule has 7 nitrogen and oxygen atoms in total. The van der Waals surface area contributed by atoms with Crippen molar-refractivity contribution in [3.8, 4) is 0 Å². The molecule has 7 heteroatoms. The highest BCUT2D eigenvalue weighted by Crippen LogP contribution is 2.28. The molecule has 2 heterocycles. The van der Waals surface area contributed by atoms with Gasteiger partial charge < -0.3 is 25.3 Å². The van der Waals surface area contributed by atoms with Crippen LogP contribution < -0.4 is 20.4 Å². The molecule has 30 heavy (non-hydrogen) atoms. The Morgan fingerprint density at radius 1 is 0.767 bits per heavy atom. The topological polar surface area (TPSA) is 67.9 Å². The monoisotopic (exact) mass is 407 g/mol. The summed E-state index contributed by atoms with van der Waals surface area (Å²) in [5.41, 5.74) is 2.99. The van der Waals surface area contributed by atoms with Gasteiger partial charge in [0.25, 0.3) is 0 Å². The van der Waals surface area contributed by atoms with Crippen molar-refractivity contribution in [2.45, 2.75) is 12.8 Å². The minimum atomic E-state index is -0.349. The largest absolute Gasteiger partial charge is 0.370 e. The van der Waals surface area contributed by atoms with Crippen molar-refractivity contribution in [1.82, 2.24) is 10.2 Å². The van der Waals surface area contributed by atoms with Crippen molar-refractivity contribution in [2.24, 2.45) is 0 Å². The number of nitrogens with zero attached hydrogens (tertiary/aromatic N) is 3. The summed E-state index contributed by atoms with van der Waals surface area (Å²) >= 11 is 0. The molecule has 0 aromatic heterocycles. The van der Waals surface area contributed by atoms with Gasteiger partial charge in [-0.2, -0.15) is 0 Å². The number of para-hydroxylation sites is 3. The number of carbonyl (C=O) groups is 2. The molecule has 2 aromatic carbocycles. The van der Waals surface area contributed by atoms with Gasteiger partial charge in [-0.15, -0.1) is 0 Å². The number of carbonyl (C=O) groups excluding carboxylic acids is 2. The molecule has 0 saturated carbocycles. The van der Waals surface area contributed by atoms with Crippen LogP contribution >= 0.6 is 0 Å². The molecule has 0 atom stereocenters. The molecule has 2 N–H and O–H groups in total. The van der Waals surface area contributed by atoms with Crippen molar-refractivity contribution in [3.63, 3.8) is 0 Å². The first-order valence-electron chi connectivity index (χ1n) is 10.7. The fourth-order valence-corrected chi connectivity index (χ4v) is 4.10. The number of anilines is 3. The predicted molar refractivity (Wildman–Crippen MR) is 120 cm³/mol. The normalized spacial score (nSPS) is 16.5. The van der Waals surface area contributed by atoms with Gasteiger partial charge in [0.2, 0.25) is 5.91 Å². The number of piperazine rings is 1. The number of urea groups is 1. The lowest BCUT2D eigenvalue weighted by atomic mass is 10.2. The zero-order chi connectivity index (χ0) is 20.8. The molecule has 3 amide bonds. The summed E-state index contributed by atoms with van der Waals surface area (Å²) < 4.78 is 0. The Bertz CT molecular complexity index is 859. The fourth-order valence-electron chi connectivity index (χ4n) is 4.10. The number of rotatable bonds is 5. The highest BCUT2D eigenvalue weighted by Gasteiger charge is 2.22. The second kappa shape index (κ2) is 9.52. The lowest BCUT2D eigenvalue weighted by Gasteiger charge is -2.36. The third kappa shape index (κ3) is 4.84. The molecule has 0 spiro atoms. The highest BCUT2D eigenvalue weighted by molar-refractivity contribution is 5.95. The van der Waals surface area contributed by atoms with Crippen LogP contribution in [-0.4, -0.2) is 62.7 Å². The van der Waals surface area contributed by atoms with E-state index in [0.29, 0.717) is 13.1 Å². The van der Waals surface area contributed by atoms with Gasteiger partial charge in [0.05, 0.1) is 17.9 Å². The number of benzene rings is 2. The average molecular weight is 408 g/mol. The maximum atomic E-state index is 12.5. The molecular weight excluding hydrogens is 378 g/mol. The van der Waals surface area contributed by atoms with Crippen LogP contribution in [0.25, 0.3) is 0 Å². The van der Waals surface area contributed by atoms with Gasteiger partial charge in [-0.1, -0.05) is 30.3 Å². The first-order valence-corrected chi connectivity index (χ1v) is 10.7. The number of nitrogens with one attached hydrogen (secondary N) is 2. The average Bonchev–Trinajstić information content (AvgIpc) is 3.33. The Balaban J connectivity index is 1.24. The maximum Gasteiger partial charge on any atom is 0.319 e. The molecule has 0 aliphatic carbocycles. The molecular formula is C23H29N5O2. The summed E-state index contributed by atoms with van der Waals surface area (Å²) in [7, 11) is 0. The van der Waals surface area contributed by atoms with E-state index < -0.39 is 0 Å². The zero-order valence-corrected chi connectivity index (χ0v) is 17.2. The third-order valence-electron chi connectivity index (χ3n) is 5.75. The van der Waals surface area contributed by atoms with Crippen LogP contribution in [0, 0.1) is 0 Å². The van der Waals surface area contributed by atoms with Crippen molar-refractivity contribution >= 4 is 29.0 Å². The van der Waals surface area contributed by atoms with Crippen molar-refractivity contribution in [1.29, 1.82) is 0 Å². The van der Waals surface area contributed by atoms with Gasteiger partial charge >= 0.3 is 6.03 Å². The van der Waals surface area contributed by atoms with Crippen molar-refractivity contribution in [2.75, 3.05) is 60.9 Å². The van der Waals surface area contributed by atoms with Gasteiger partial charge in [0.15, 0.2) is 0 Å². The molecule has 2 aliphatic heterocycles. The van der Waals surface area contributed by atoms with Gasteiger partial charge in [-0.3, -0.25) is 4.79 Å². The lowest BCUT2D eigenvalue weighted by Crippen LogP contribution is -2.51. The Labute approximate surface area is 177 Å². The quantitative estimate of drug-likeness (QED) is 0.800. The minimum absolute atomic E-state index is 0.00303. The highest BCUT2D eigenvalue weighted by atomic mass is 16.2. The van der Waals surface area contributed by atoms with Crippen LogP contribution in [-0.2, 0) is 4.79 Å². The lowest BCUT2D eigenvalue weighted by molar-refractivity contribution is -0.130. The molecule has 0 radical (unpaired) electrons. The van der Waals surface area contributed by atoms with Crippen LogP contribution in [0.4, 0.5) is 21.9 Å². The summed E-state index contributed by atoms with van der Waals surface area (Å²) in [5, 5.41) is 5.62. The van der Waals surface area contributed by atoms with E-state index in [1.54, 1.807) is 0 Å². The number of hydrogen-bond donors (Lipinski definition) is 2. The molecule has 4 rings (SSSR count). The van der Waals surface area contributed by atoms with Gasteiger partial charge in [-0.25, -0.2) is 4.79 Å². The first-order chi connectivity index (χ1) is 14.7. The van der Waals surface area contributed by atoms with E-state index in [1.807, 2.05) is 47.4 Å². The summed E-state index contributed by atoms with van der Waals surface area (Å²) in [5.74, 6) is -0.0503. The molecule has 2 aromatic rings. The van der Waals surface area contributed by atoms with Gasteiger partial charge in [0.1, 0.15) is 0 Å². The Morgan fingerprint density at radius 3 is 2.17 bits per heavy atom. The standard InChI is InChI=1S/C23H29N5O2/c29-22(28-16-14-26(15-17-28)19-8-2-1-3-9-19)18-24-23(30)25-20-10-4-5-11-21(20)27-12-6-7-13-27/h1-5,8-11H,6-7,12-18H2,(H2,24,25,30). The Morgan fingerprint density at radius 2 is 1.43 bits per heavy atom. The van der Waals surface area contributed by atoms with Gasteiger partial charge in [-0.05, 0) is 37.1 Å². The van der Waals surface area contributed by atoms with E-state index in [0.717, 1.165) is 37.6 Å². The summed E-state index contributed by atoms with van der Waals surface area (Å²) in [6, 6.07) is 17.7. The Kier molecular flexibility index (Phi) is 6.37. The number of hydrogen-bond acceptors (Lipinski definition) is 4. The summed E-state index contributed by atoms with van der Waals surface area (Å²) in [6.45, 7) is 4.94. The summed E-state index contributed by atoms with van der Waals surface area (Å²) in [4.78, 5) is 31.3. The summed E-state index contributed by atoms with van der Waals surface area (Å²) in [6.07, 6.45) is 2.35. The van der Waals surface area contributed by atoms with Crippen molar-refractivity contribution in [3.05, 3.63) is 54.6 Å². The van der Waals surface area contributed by atoms with Crippen LogP contribution in [0.5, 0.6) is 0 Å². The van der Waals surface area contributed by atoms with E-state index in [4.69, 9.17) is 0 Å². The molecule has 2 aliphatic rings. The van der Waals surface area contributed by atoms with E-state index in [2.05, 4.69) is 32.6 Å². The van der Waals surface area contributed by atoms with Crippen LogP contribution in [0.2, 0.25) is 0 Å². The number of amides is 3. The van der Waals surface area contributed by atoms with Gasteiger partial charge in [0, 0.05) is 45.0 Å². The first kappa shape index (κ1) is 20.1. The predicted octanol–water partition coefficient (Wildman–Crippen LogP) is 2.76. The minimum Gasteiger partial charge on any atom is -0.370 e. The zero-order valence-electron chi connectivity index (χ0n) is 17.2. The molecule has 0 bridgehead atoms. The van der Waals surface area contributed by atoms with Crippen LogP contribution in [0.15, 0.2) is 54.6 Å². The molecule has 2 fully saturated rings. The van der Waals surface area contributed by atoms with Crippen molar-refractivity contribution < 1.29 is 9.59 Å². The molecule has 2 saturated heterocycles. The smallest absolute Gasteiger partial charge is 0.319 e. The second-order valence-electron chi connectivity index (χ2n) is 7.72. The maximum absolute atomic E-state index is 12.5. The second-order valence-corrected chi connectivity index (χ2v) is 7.72. The van der Waals surface area contributed by atoms with E-state index in [1.165, 1.54) is 18.5 Å². The fraction of sp³-hybridized carbons (Fsp3) is 0.391. The van der Waals surface area contributed by atoms with E-state index >= 15 is 0 Å². The molecule has 158 valence electrons.